The summed E-state index contributed by atoms with van der Waals surface area (Å²) in [5, 5.41) is 12.6. The number of nitro benzene ring substituents is 1. The van der Waals surface area contributed by atoms with Crippen LogP contribution in [-0.4, -0.2) is 33.9 Å². The Kier molecular flexibility index (Phi) is 4.99. The normalized spacial score (nSPS) is 16.6. The van der Waals surface area contributed by atoms with Crippen molar-refractivity contribution in [1.29, 1.82) is 0 Å². The number of nitrogens with zero attached hydrogens (tertiary/aromatic N) is 2. The first-order valence-electron chi connectivity index (χ1n) is 11.3. The maximum absolute atomic E-state index is 12.9. The number of aromatic amines is 1. The molecular formula is C27H21N3O5. The van der Waals surface area contributed by atoms with Crippen molar-refractivity contribution in [3.05, 3.63) is 112 Å². The van der Waals surface area contributed by atoms with E-state index in [0.29, 0.717) is 18.0 Å². The van der Waals surface area contributed by atoms with E-state index in [0.717, 1.165) is 23.2 Å². The molecule has 0 aliphatic carbocycles. The predicted octanol–water partition coefficient (Wildman–Crippen LogP) is 5.15. The Morgan fingerprint density at radius 3 is 2.74 bits per heavy atom. The third kappa shape index (κ3) is 3.59. The molecule has 2 aliphatic rings. The van der Waals surface area contributed by atoms with E-state index in [1.54, 1.807) is 18.3 Å². The van der Waals surface area contributed by atoms with Crippen LogP contribution in [0.2, 0.25) is 0 Å². The van der Waals surface area contributed by atoms with Gasteiger partial charge in [0.25, 0.3) is 5.69 Å². The summed E-state index contributed by atoms with van der Waals surface area (Å²) in [5.41, 5.74) is 4.22. The summed E-state index contributed by atoms with van der Waals surface area (Å²) in [7, 11) is 0. The molecule has 0 radical (unpaired) electrons. The SMILES string of the molecule is O=C(C=CN1CCc2c([nH]c3ccccc23)C1c1ccc2c(c1)OCO2)c1ccccc1[N+](=O)[O-]. The minimum Gasteiger partial charge on any atom is -0.454 e. The third-order valence-corrected chi connectivity index (χ3v) is 6.57. The minimum absolute atomic E-state index is 0.0664. The topological polar surface area (TPSA) is 97.7 Å². The molecule has 1 unspecified atom stereocenters. The number of ketones is 1. The van der Waals surface area contributed by atoms with Gasteiger partial charge in [0.15, 0.2) is 17.3 Å². The molecular weight excluding hydrogens is 446 g/mol. The zero-order valence-electron chi connectivity index (χ0n) is 18.6. The molecule has 0 saturated heterocycles. The number of nitro groups is 1. The Balaban J connectivity index is 1.41. The first-order chi connectivity index (χ1) is 17.1. The van der Waals surface area contributed by atoms with Crippen LogP contribution in [-0.2, 0) is 6.42 Å². The van der Waals surface area contributed by atoms with Crippen LogP contribution in [0.5, 0.6) is 11.5 Å². The van der Waals surface area contributed by atoms with Crippen LogP contribution in [0.3, 0.4) is 0 Å². The number of benzene rings is 3. The fraction of sp³-hybridized carbons (Fsp3) is 0.148. The van der Waals surface area contributed by atoms with Gasteiger partial charge in [-0.25, -0.2) is 0 Å². The molecule has 0 saturated carbocycles. The summed E-state index contributed by atoms with van der Waals surface area (Å²) < 4.78 is 11.1. The average molecular weight is 467 g/mol. The lowest BCUT2D eigenvalue weighted by Gasteiger charge is -2.35. The van der Waals surface area contributed by atoms with Gasteiger partial charge < -0.3 is 19.4 Å². The highest BCUT2D eigenvalue weighted by atomic mass is 16.7. The summed E-state index contributed by atoms with van der Waals surface area (Å²) in [5.74, 6) is 0.977. The first-order valence-corrected chi connectivity index (χ1v) is 11.3. The maximum atomic E-state index is 12.9. The van der Waals surface area contributed by atoms with Crippen LogP contribution >= 0.6 is 0 Å². The molecule has 1 N–H and O–H groups in total. The highest BCUT2D eigenvalue weighted by Crippen LogP contribution is 2.42. The van der Waals surface area contributed by atoms with E-state index in [-0.39, 0.29) is 24.1 Å². The maximum Gasteiger partial charge on any atom is 0.280 e. The van der Waals surface area contributed by atoms with Crippen molar-refractivity contribution in [3.63, 3.8) is 0 Å². The van der Waals surface area contributed by atoms with Gasteiger partial charge in [-0.3, -0.25) is 14.9 Å². The molecule has 3 heterocycles. The number of ether oxygens (including phenoxy) is 2. The van der Waals surface area contributed by atoms with Crippen LogP contribution in [0.4, 0.5) is 5.69 Å². The third-order valence-electron chi connectivity index (χ3n) is 6.57. The number of carbonyl (C=O) groups is 1. The molecule has 0 amide bonds. The molecule has 1 atom stereocenters. The molecule has 1 aromatic heterocycles. The quantitative estimate of drug-likeness (QED) is 0.189. The molecule has 2 aliphatic heterocycles. The van der Waals surface area contributed by atoms with E-state index in [9.17, 15) is 14.9 Å². The highest BCUT2D eigenvalue weighted by Gasteiger charge is 2.31. The largest absolute Gasteiger partial charge is 0.454 e. The number of allylic oxidation sites excluding steroid dienone is 1. The average Bonchev–Trinajstić information content (AvgIpc) is 3.50. The van der Waals surface area contributed by atoms with Gasteiger partial charge in [0.1, 0.15) is 0 Å². The van der Waals surface area contributed by atoms with Crippen LogP contribution in [0.1, 0.15) is 33.2 Å². The van der Waals surface area contributed by atoms with Crippen molar-refractivity contribution < 1.29 is 19.2 Å². The lowest BCUT2D eigenvalue weighted by atomic mass is 9.92. The molecule has 35 heavy (non-hydrogen) atoms. The van der Waals surface area contributed by atoms with Gasteiger partial charge in [-0.15, -0.1) is 0 Å². The van der Waals surface area contributed by atoms with E-state index < -0.39 is 10.7 Å². The van der Waals surface area contributed by atoms with Crippen molar-refractivity contribution in [2.75, 3.05) is 13.3 Å². The molecule has 6 rings (SSSR count). The van der Waals surface area contributed by atoms with E-state index in [2.05, 4.69) is 22.0 Å². The Morgan fingerprint density at radius 2 is 1.86 bits per heavy atom. The van der Waals surface area contributed by atoms with E-state index >= 15 is 0 Å². The van der Waals surface area contributed by atoms with Crippen LogP contribution < -0.4 is 9.47 Å². The molecule has 0 fully saturated rings. The summed E-state index contributed by atoms with van der Waals surface area (Å²) in [6, 6.07) is 19.9. The first kappa shape index (κ1) is 21.0. The number of H-pyrrole nitrogens is 1. The highest BCUT2D eigenvalue weighted by molar-refractivity contribution is 6.07. The molecule has 0 spiro atoms. The smallest absolute Gasteiger partial charge is 0.280 e. The zero-order chi connectivity index (χ0) is 23.9. The molecule has 0 bridgehead atoms. The number of rotatable bonds is 5. The van der Waals surface area contributed by atoms with Crippen molar-refractivity contribution in [1.82, 2.24) is 9.88 Å². The lowest BCUT2D eigenvalue weighted by Crippen LogP contribution is -2.32. The summed E-state index contributed by atoms with van der Waals surface area (Å²) >= 11 is 0. The van der Waals surface area contributed by atoms with Gasteiger partial charge in [0.2, 0.25) is 6.79 Å². The second-order valence-corrected chi connectivity index (χ2v) is 8.52. The molecule has 174 valence electrons. The van der Waals surface area contributed by atoms with Crippen LogP contribution in [0.25, 0.3) is 10.9 Å². The Labute approximate surface area is 200 Å². The Hall–Kier alpha value is -4.59. The summed E-state index contributed by atoms with van der Waals surface area (Å²) in [6.45, 7) is 0.865. The standard InChI is InChI=1S/C27H21N3O5/c31-23(20-6-2-4-8-22(20)30(32)33)12-14-29-13-11-19-18-5-1-3-7-21(18)28-26(19)27(29)17-9-10-24-25(15-17)35-16-34-24/h1-10,12,14-15,27-28H,11,13,16H2. The number of fused-ring (bicyclic) bond motifs is 4. The van der Waals surface area contributed by atoms with Gasteiger partial charge in [-0.1, -0.05) is 36.4 Å². The fourth-order valence-corrected chi connectivity index (χ4v) is 4.96. The minimum atomic E-state index is -0.534. The van der Waals surface area contributed by atoms with Crippen LogP contribution in [0, 0.1) is 10.1 Å². The summed E-state index contributed by atoms with van der Waals surface area (Å²) in [4.78, 5) is 29.4. The van der Waals surface area contributed by atoms with Crippen molar-refractivity contribution in [3.8, 4) is 11.5 Å². The fourth-order valence-electron chi connectivity index (χ4n) is 4.96. The van der Waals surface area contributed by atoms with Gasteiger partial charge in [-0.2, -0.15) is 0 Å². The van der Waals surface area contributed by atoms with Crippen molar-refractivity contribution >= 4 is 22.4 Å². The predicted molar refractivity (Wildman–Crippen MR) is 130 cm³/mol. The van der Waals surface area contributed by atoms with Gasteiger partial charge >= 0.3 is 0 Å². The molecule has 3 aromatic carbocycles. The second kappa shape index (κ2) is 8.32. The van der Waals surface area contributed by atoms with Gasteiger partial charge in [-0.05, 0) is 41.8 Å². The Bertz CT molecular complexity index is 1510. The number of para-hydroxylation sites is 2. The van der Waals surface area contributed by atoms with Gasteiger partial charge in [0.05, 0.1) is 16.5 Å². The number of hydrogen-bond donors (Lipinski definition) is 1. The van der Waals surface area contributed by atoms with Gasteiger partial charge in [0, 0.05) is 41.5 Å². The second-order valence-electron chi connectivity index (χ2n) is 8.52. The number of nitrogens with one attached hydrogen (secondary N) is 1. The number of aromatic nitrogens is 1. The van der Waals surface area contributed by atoms with E-state index in [1.807, 2.05) is 30.3 Å². The number of hydrogen-bond acceptors (Lipinski definition) is 6. The van der Waals surface area contributed by atoms with Crippen molar-refractivity contribution in [2.24, 2.45) is 0 Å². The zero-order valence-corrected chi connectivity index (χ0v) is 18.6. The Morgan fingerprint density at radius 1 is 1.06 bits per heavy atom. The molecule has 4 aromatic rings. The number of carbonyl (C=O) groups excluding carboxylic acids is 1. The molecule has 8 nitrogen and oxygen atoms in total. The monoisotopic (exact) mass is 467 g/mol. The summed E-state index contributed by atoms with van der Waals surface area (Å²) in [6.07, 6.45) is 3.95. The lowest BCUT2D eigenvalue weighted by molar-refractivity contribution is -0.385. The van der Waals surface area contributed by atoms with E-state index in [1.165, 1.54) is 29.2 Å². The molecule has 8 heteroatoms. The van der Waals surface area contributed by atoms with Crippen molar-refractivity contribution in [2.45, 2.75) is 12.5 Å². The van der Waals surface area contributed by atoms with E-state index in [4.69, 9.17) is 9.47 Å². The van der Waals surface area contributed by atoms with Crippen LogP contribution in [0.15, 0.2) is 79.0 Å².